The van der Waals surface area contributed by atoms with Gasteiger partial charge in [0.25, 0.3) is 5.56 Å². The number of aryl methyl sites for hydroxylation is 1. The summed E-state index contributed by atoms with van der Waals surface area (Å²) in [6.45, 7) is 2.80. The first-order valence-electron chi connectivity index (χ1n) is 9.97. The molecule has 3 heterocycles. The summed E-state index contributed by atoms with van der Waals surface area (Å²) in [4.78, 5) is 26.5. The number of benzene rings is 2. The molecule has 0 amide bonds. The van der Waals surface area contributed by atoms with Crippen molar-refractivity contribution in [3.8, 4) is 0 Å². The zero-order valence-electron chi connectivity index (χ0n) is 16.8. The van der Waals surface area contributed by atoms with E-state index >= 15 is 0 Å². The second kappa shape index (κ2) is 7.94. The molecule has 6 nitrogen and oxygen atoms in total. The number of fused-ring (bicyclic) bond motifs is 3. The largest absolute Gasteiger partial charge is 0.352 e. The van der Waals surface area contributed by atoms with Crippen LogP contribution in [0.25, 0.3) is 16.0 Å². The Labute approximate surface area is 190 Å². The lowest BCUT2D eigenvalue weighted by Crippen LogP contribution is -2.26. The third-order valence-corrected chi connectivity index (χ3v) is 6.83. The van der Waals surface area contributed by atoms with E-state index in [9.17, 15) is 9.59 Å². The predicted octanol–water partition coefficient (Wildman–Crippen LogP) is 4.29. The summed E-state index contributed by atoms with van der Waals surface area (Å²) in [6, 6.07) is 17.8. The lowest BCUT2D eigenvalue weighted by atomic mass is 10.1. The number of hydrogen-bond acceptors (Lipinski definition) is 4. The van der Waals surface area contributed by atoms with Crippen LogP contribution in [0.15, 0.2) is 74.0 Å². The minimum Gasteiger partial charge on any atom is -0.271 e. The van der Waals surface area contributed by atoms with Crippen LogP contribution in [0, 0.1) is 0 Å². The molecule has 0 spiro atoms. The molecule has 0 radical (unpaired) electrons. The number of nitrogens with zero attached hydrogens (tertiary/aromatic N) is 4. The van der Waals surface area contributed by atoms with Gasteiger partial charge in [0, 0.05) is 4.47 Å². The van der Waals surface area contributed by atoms with E-state index in [0.29, 0.717) is 29.1 Å². The average Bonchev–Trinajstić information content (AvgIpc) is 3.38. The Morgan fingerprint density at radius 1 is 0.903 bits per heavy atom. The van der Waals surface area contributed by atoms with E-state index in [1.807, 2.05) is 47.8 Å². The maximum absolute atomic E-state index is 13.3. The summed E-state index contributed by atoms with van der Waals surface area (Å²) in [7, 11) is 0. The Hall–Kier alpha value is -2.97. The number of aromatic nitrogens is 4. The van der Waals surface area contributed by atoms with Crippen LogP contribution in [-0.2, 0) is 19.5 Å². The van der Waals surface area contributed by atoms with Gasteiger partial charge in [0.1, 0.15) is 4.70 Å². The van der Waals surface area contributed by atoms with Crippen molar-refractivity contribution in [2.75, 3.05) is 0 Å². The quantitative estimate of drug-likeness (QED) is 0.366. The number of thiophene rings is 1. The van der Waals surface area contributed by atoms with E-state index in [2.05, 4.69) is 40.1 Å². The van der Waals surface area contributed by atoms with Crippen molar-refractivity contribution in [2.24, 2.45) is 0 Å². The molecular formula is C23H19BrN4O2S. The Kier molecular flexibility index (Phi) is 5.11. The molecule has 0 aliphatic rings. The molecule has 3 aromatic heterocycles. The van der Waals surface area contributed by atoms with Gasteiger partial charge in [-0.25, -0.2) is 13.9 Å². The first kappa shape index (κ1) is 20.0. The molecule has 5 aromatic rings. The molecule has 0 unspecified atom stereocenters. The number of rotatable bonds is 5. The van der Waals surface area contributed by atoms with Crippen molar-refractivity contribution in [3.05, 3.63) is 102 Å². The fraction of sp³-hybridized carbons (Fsp3) is 0.174. The van der Waals surface area contributed by atoms with Crippen LogP contribution in [0.1, 0.15) is 23.6 Å². The average molecular weight is 495 g/mol. The zero-order chi connectivity index (χ0) is 21.5. The summed E-state index contributed by atoms with van der Waals surface area (Å²) in [6.07, 6.45) is 0.960. The van der Waals surface area contributed by atoms with E-state index in [0.717, 1.165) is 22.0 Å². The third kappa shape index (κ3) is 3.55. The van der Waals surface area contributed by atoms with Gasteiger partial charge in [0.05, 0.1) is 18.6 Å². The van der Waals surface area contributed by atoms with E-state index < -0.39 is 0 Å². The first-order valence-corrected chi connectivity index (χ1v) is 11.6. The highest BCUT2D eigenvalue weighted by Crippen LogP contribution is 2.18. The summed E-state index contributed by atoms with van der Waals surface area (Å²) in [5, 5.41) is 6.41. The summed E-state index contributed by atoms with van der Waals surface area (Å²) in [5.41, 5.74) is 3.42. The van der Waals surface area contributed by atoms with E-state index in [4.69, 9.17) is 0 Å². The van der Waals surface area contributed by atoms with Crippen molar-refractivity contribution in [2.45, 2.75) is 26.4 Å². The SMILES string of the molecule is CCc1ccc(Cn2c(=O)c3sccc3n3c(=O)n(Cc4ccc(Br)cc4)nc23)cc1. The number of hydrogen-bond donors (Lipinski definition) is 0. The monoisotopic (exact) mass is 494 g/mol. The molecule has 0 fully saturated rings. The van der Waals surface area contributed by atoms with Crippen molar-refractivity contribution in [1.82, 2.24) is 18.7 Å². The molecule has 0 saturated heterocycles. The number of halogens is 1. The third-order valence-electron chi connectivity index (χ3n) is 5.41. The lowest BCUT2D eigenvalue weighted by molar-refractivity contribution is 0.654. The summed E-state index contributed by atoms with van der Waals surface area (Å²) >= 11 is 4.78. The molecule has 0 bridgehead atoms. The molecular weight excluding hydrogens is 476 g/mol. The highest BCUT2D eigenvalue weighted by Gasteiger charge is 2.18. The Morgan fingerprint density at radius 3 is 2.26 bits per heavy atom. The molecule has 5 rings (SSSR count). The van der Waals surface area contributed by atoms with Gasteiger partial charge in [-0.2, -0.15) is 0 Å². The van der Waals surface area contributed by atoms with Gasteiger partial charge < -0.3 is 0 Å². The van der Waals surface area contributed by atoms with Crippen LogP contribution in [-0.4, -0.2) is 18.7 Å². The van der Waals surface area contributed by atoms with Crippen LogP contribution in [0.3, 0.4) is 0 Å². The minimum atomic E-state index is -0.253. The maximum atomic E-state index is 13.3. The van der Waals surface area contributed by atoms with Crippen LogP contribution in [0.4, 0.5) is 0 Å². The van der Waals surface area contributed by atoms with Crippen molar-refractivity contribution in [1.29, 1.82) is 0 Å². The first-order chi connectivity index (χ1) is 15.0. The minimum absolute atomic E-state index is 0.127. The molecule has 0 aliphatic heterocycles. The summed E-state index contributed by atoms with van der Waals surface area (Å²) in [5.74, 6) is 0.359. The lowest BCUT2D eigenvalue weighted by Gasteiger charge is -2.08. The highest BCUT2D eigenvalue weighted by molar-refractivity contribution is 9.10. The Morgan fingerprint density at radius 2 is 1.55 bits per heavy atom. The molecule has 8 heteroatoms. The van der Waals surface area contributed by atoms with E-state index in [1.54, 1.807) is 8.97 Å². The molecule has 2 aromatic carbocycles. The van der Waals surface area contributed by atoms with Crippen LogP contribution in [0.2, 0.25) is 0 Å². The zero-order valence-corrected chi connectivity index (χ0v) is 19.2. The van der Waals surface area contributed by atoms with Gasteiger partial charge in [0.15, 0.2) is 0 Å². The van der Waals surface area contributed by atoms with Crippen molar-refractivity contribution >= 4 is 43.3 Å². The molecule has 31 heavy (non-hydrogen) atoms. The Bertz CT molecular complexity index is 1510. The van der Waals surface area contributed by atoms with Crippen molar-refractivity contribution < 1.29 is 0 Å². The molecule has 0 atom stereocenters. The normalized spacial score (nSPS) is 11.5. The topological polar surface area (TPSA) is 61.3 Å². The maximum Gasteiger partial charge on any atom is 0.352 e. The van der Waals surface area contributed by atoms with E-state index in [-0.39, 0.29) is 11.2 Å². The molecule has 0 N–H and O–H groups in total. The van der Waals surface area contributed by atoms with Crippen LogP contribution >= 0.6 is 27.3 Å². The van der Waals surface area contributed by atoms with Gasteiger partial charge in [0.2, 0.25) is 5.78 Å². The van der Waals surface area contributed by atoms with Gasteiger partial charge in [-0.3, -0.25) is 9.36 Å². The summed E-state index contributed by atoms with van der Waals surface area (Å²) < 4.78 is 6.10. The van der Waals surface area contributed by atoms with Gasteiger partial charge in [-0.05, 0) is 46.7 Å². The van der Waals surface area contributed by atoms with Gasteiger partial charge >= 0.3 is 5.69 Å². The standard InChI is InChI=1S/C23H19BrN4O2S/c1-2-15-3-5-16(6-4-15)13-26-21(29)20-19(11-12-31-20)28-22(26)25-27(23(28)30)14-17-7-9-18(24)10-8-17/h3-12H,2,13-14H2,1H3. The second-order valence-electron chi connectivity index (χ2n) is 7.40. The fourth-order valence-electron chi connectivity index (χ4n) is 3.71. The van der Waals surface area contributed by atoms with Crippen molar-refractivity contribution in [3.63, 3.8) is 0 Å². The van der Waals surface area contributed by atoms with Gasteiger partial charge in [-0.15, -0.1) is 16.4 Å². The second-order valence-corrected chi connectivity index (χ2v) is 9.23. The van der Waals surface area contributed by atoms with Gasteiger partial charge in [-0.1, -0.05) is 59.3 Å². The molecule has 156 valence electrons. The molecule has 0 saturated carbocycles. The Balaban J connectivity index is 1.68. The van der Waals surface area contributed by atoms with Crippen LogP contribution in [0.5, 0.6) is 0 Å². The molecule has 0 aliphatic carbocycles. The fourth-order valence-corrected chi connectivity index (χ4v) is 4.79. The predicted molar refractivity (Wildman–Crippen MR) is 127 cm³/mol. The highest BCUT2D eigenvalue weighted by atomic mass is 79.9. The van der Waals surface area contributed by atoms with E-state index in [1.165, 1.54) is 21.6 Å². The smallest absolute Gasteiger partial charge is 0.271 e. The van der Waals surface area contributed by atoms with Crippen LogP contribution < -0.4 is 11.2 Å².